The SMILES string of the molecule is COCC(O)c1cncc(C(F)(F)F)c1. The Balaban J connectivity index is 2.92. The van der Waals surface area contributed by atoms with Crippen molar-refractivity contribution in [1.29, 1.82) is 0 Å². The molecule has 1 rings (SSSR count). The molecule has 0 aliphatic carbocycles. The number of methoxy groups -OCH3 is 1. The van der Waals surface area contributed by atoms with Crippen LogP contribution in [0.15, 0.2) is 18.5 Å². The molecule has 0 fully saturated rings. The molecule has 0 aromatic carbocycles. The van der Waals surface area contributed by atoms with E-state index in [0.717, 1.165) is 6.07 Å². The number of hydrogen-bond acceptors (Lipinski definition) is 3. The molecule has 1 heterocycles. The number of pyridine rings is 1. The average Bonchev–Trinajstić information content (AvgIpc) is 2.17. The second-order valence-electron chi connectivity index (χ2n) is 2.98. The minimum Gasteiger partial charge on any atom is -0.386 e. The van der Waals surface area contributed by atoms with E-state index < -0.39 is 17.8 Å². The van der Waals surface area contributed by atoms with Gasteiger partial charge in [-0.15, -0.1) is 0 Å². The molecular formula is C9H10F3NO2. The summed E-state index contributed by atoms with van der Waals surface area (Å²) in [6.07, 6.45) is -3.65. The van der Waals surface area contributed by atoms with Crippen LogP contribution in [0.1, 0.15) is 17.2 Å². The van der Waals surface area contributed by atoms with E-state index >= 15 is 0 Å². The quantitative estimate of drug-likeness (QED) is 0.845. The Morgan fingerprint density at radius 1 is 1.47 bits per heavy atom. The van der Waals surface area contributed by atoms with E-state index in [1.165, 1.54) is 13.3 Å². The van der Waals surface area contributed by atoms with E-state index in [-0.39, 0.29) is 12.2 Å². The van der Waals surface area contributed by atoms with Crippen LogP contribution in [0, 0.1) is 0 Å². The van der Waals surface area contributed by atoms with Crippen molar-refractivity contribution in [2.45, 2.75) is 12.3 Å². The lowest BCUT2D eigenvalue weighted by atomic mass is 10.1. The van der Waals surface area contributed by atoms with Gasteiger partial charge >= 0.3 is 6.18 Å². The topological polar surface area (TPSA) is 42.4 Å². The molecular weight excluding hydrogens is 211 g/mol. The lowest BCUT2D eigenvalue weighted by Gasteiger charge is -2.11. The normalized spacial score (nSPS) is 13.9. The van der Waals surface area contributed by atoms with E-state index in [0.29, 0.717) is 6.20 Å². The first-order valence-electron chi connectivity index (χ1n) is 4.14. The third kappa shape index (κ3) is 3.17. The largest absolute Gasteiger partial charge is 0.417 e. The van der Waals surface area contributed by atoms with Gasteiger partial charge in [0, 0.05) is 25.1 Å². The lowest BCUT2D eigenvalue weighted by Crippen LogP contribution is -2.10. The second kappa shape index (κ2) is 4.59. The van der Waals surface area contributed by atoms with Crippen molar-refractivity contribution in [3.8, 4) is 0 Å². The summed E-state index contributed by atoms with van der Waals surface area (Å²) in [6, 6.07) is 0.858. The first-order chi connectivity index (χ1) is 6.95. The predicted molar refractivity (Wildman–Crippen MR) is 46.1 cm³/mol. The van der Waals surface area contributed by atoms with Crippen molar-refractivity contribution in [2.24, 2.45) is 0 Å². The maximum absolute atomic E-state index is 12.3. The maximum atomic E-state index is 12.3. The van der Waals surface area contributed by atoms with Crippen molar-refractivity contribution in [1.82, 2.24) is 4.98 Å². The minimum absolute atomic E-state index is 0.0665. The van der Waals surface area contributed by atoms with E-state index in [9.17, 15) is 18.3 Å². The molecule has 0 spiro atoms. The van der Waals surface area contributed by atoms with Crippen molar-refractivity contribution in [3.63, 3.8) is 0 Å². The standard InChI is InChI=1S/C9H10F3NO2/c1-15-5-8(14)6-2-7(4-13-3-6)9(10,11)12/h2-4,8,14H,5H2,1H3. The molecule has 1 N–H and O–H groups in total. The van der Waals surface area contributed by atoms with Crippen LogP contribution in [-0.4, -0.2) is 23.8 Å². The number of aliphatic hydroxyl groups excluding tert-OH is 1. The van der Waals surface area contributed by atoms with E-state index in [4.69, 9.17) is 0 Å². The van der Waals surface area contributed by atoms with Gasteiger partial charge in [-0.2, -0.15) is 13.2 Å². The summed E-state index contributed by atoms with van der Waals surface area (Å²) < 4.78 is 41.4. The highest BCUT2D eigenvalue weighted by atomic mass is 19.4. The summed E-state index contributed by atoms with van der Waals surface area (Å²) in [5.74, 6) is 0. The zero-order chi connectivity index (χ0) is 11.5. The van der Waals surface area contributed by atoms with Gasteiger partial charge in [-0.05, 0) is 6.07 Å². The Morgan fingerprint density at radius 3 is 2.67 bits per heavy atom. The van der Waals surface area contributed by atoms with Gasteiger partial charge in [-0.25, -0.2) is 0 Å². The first kappa shape index (κ1) is 11.9. The lowest BCUT2D eigenvalue weighted by molar-refractivity contribution is -0.138. The Kier molecular flexibility index (Phi) is 3.65. The third-order valence-corrected chi connectivity index (χ3v) is 1.80. The summed E-state index contributed by atoms with van der Waals surface area (Å²) in [6.45, 7) is -0.0665. The molecule has 1 atom stereocenters. The molecule has 1 aromatic heterocycles. The molecule has 15 heavy (non-hydrogen) atoms. The summed E-state index contributed by atoms with van der Waals surface area (Å²) in [5, 5.41) is 9.38. The van der Waals surface area contributed by atoms with Gasteiger partial charge in [-0.1, -0.05) is 0 Å². The fourth-order valence-corrected chi connectivity index (χ4v) is 1.05. The van der Waals surface area contributed by atoms with Gasteiger partial charge in [0.1, 0.15) is 6.10 Å². The first-order valence-corrected chi connectivity index (χ1v) is 4.14. The Hall–Kier alpha value is -1.14. The van der Waals surface area contributed by atoms with Gasteiger partial charge in [0.15, 0.2) is 0 Å². The minimum atomic E-state index is -4.45. The van der Waals surface area contributed by atoms with Gasteiger partial charge in [0.25, 0.3) is 0 Å². The fourth-order valence-electron chi connectivity index (χ4n) is 1.05. The molecule has 1 unspecified atom stereocenters. The summed E-state index contributed by atoms with van der Waals surface area (Å²) in [4.78, 5) is 3.42. The van der Waals surface area contributed by atoms with Crippen molar-refractivity contribution in [2.75, 3.05) is 13.7 Å². The van der Waals surface area contributed by atoms with Crippen LogP contribution >= 0.6 is 0 Å². The molecule has 0 aliphatic heterocycles. The Labute approximate surface area is 84.5 Å². The van der Waals surface area contributed by atoms with E-state index in [1.54, 1.807) is 0 Å². The number of nitrogens with zero attached hydrogens (tertiary/aromatic N) is 1. The highest BCUT2D eigenvalue weighted by Crippen LogP contribution is 2.29. The zero-order valence-electron chi connectivity index (χ0n) is 7.95. The fraction of sp³-hybridized carbons (Fsp3) is 0.444. The summed E-state index contributed by atoms with van der Waals surface area (Å²) in [5.41, 5.74) is -0.790. The highest BCUT2D eigenvalue weighted by Gasteiger charge is 2.31. The molecule has 0 bridgehead atoms. The molecule has 0 saturated heterocycles. The Morgan fingerprint density at radius 2 is 2.13 bits per heavy atom. The highest BCUT2D eigenvalue weighted by molar-refractivity contribution is 5.22. The van der Waals surface area contributed by atoms with Crippen LogP contribution in [0.3, 0.4) is 0 Å². The van der Waals surface area contributed by atoms with Crippen LogP contribution in [0.4, 0.5) is 13.2 Å². The molecule has 0 amide bonds. The molecule has 0 saturated carbocycles. The molecule has 84 valence electrons. The van der Waals surface area contributed by atoms with Crippen molar-refractivity contribution in [3.05, 3.63) is 29.6 Å². The number of alkyl halides is 3. The van der Waals surface area contributed by atoms with Gasteiger partial charge in [-0.3, -0.25) is 4.98 Å². The summed E-state index contributed by atoms with van der Waals surface area (Å²) in [7, 11) is 1.35. The van der Waals surface area contributed by atoms with Crippen LogP contribution < -0.4 is 0 Å². The number of aliphatic hydroxyl groups is 1. The average molecular weight is 221 g/mol. The van der Waals surface area contributed by atoms with Crippen LogP contribution in [-0.2, 0) is 10.9 Å². The van der Waals surface area contributed by atoms with Crippen molar-refractivity contribution >= 4 is 0 Å². The number of halogens is 3. The van der Waals surface area contributed by atoms with Gasteiger partial charge in [0.05, 0.1) is 12.2 Å². The molecule has 1 aromatic rings. The number of rotatable bonds is 3. The zero-order valence-corrected chi connectivity index (χ0v) is 7.95. The molecule has 0 aliphatic rings. The maximum Gasteiger partial charge on any atom is 0.417 e. The molecule has 3 nitrogen and oxygen atoms in total. The van der Waals surface area contributed by atoms with Crippen LogP contribution in [0.2, 0.25) is 0 Å². The third-order valence-electron chi connectivity index (χ3n) is 1.80. The second-order valence-corrected chi connectivity index (χ2v) is 2.98. The number of ether oxygens (including phenoxy) is 1. The summed E-state index contributed by atoms with van der Waals surface area (Å²) >= 11 is 0. The van der Waals surface area contributed by atoms with Gasteiger partial charge < -0.3 is 9.84 Å². The number of hydrogen-bond donors (Lipinski definition) is 1. The van der Waals surface area contributed by atoms with E-state index in [2.05, 4.69) is 9.72 Å². The smallest absolute Gasteiger partial charge is 0.386 e. The monoisotopic (exact) mass is 221 g/mol. The van der Waals surface area contributed by atoms with Gasteiger partial charge in [0.2, 0.25) is 0 Å². The molecule has 6 heteroatoms. The van der Waals surface area contributed by atoms with Crippen molar-refractivity contribution < 1.29 is 23.0 Å². The molecule has 0 radical (unpaired) electrons. The van der Waals surface area contributed by atoms with E-state index in [1.807, 2.05) is 0 Å². The van der Waals surface area contributed by atoms with Crippen LogP contribution in [0.5, 0.6) is 0 Å². The number of aromatic nitrogens is 1. The predicted octanol–water partition coefficient (Wildman–Crippen LogP) is 1.78. The van der Waals surface area contributed by atoms with Crippen LogP contribution in [0.25, 0.3) is 0 Å². The Bertz CT molecular complexity index is 327.